The summed E-state index contributed by atoms with van der Waals surface area (Å²) in [6.45, 7) is 5.81. The minimum Gasteiger partial charge on any atom is -0.371 e. The fourth-order valence-corrected chi connectivity index (χ4v) is 9.32. The number of aromatic nitrogens is 2. The number of rotatable bonds is 5. The lowest BCUT2D eigenvalue weighted by molar-refractivity contribution is -0.351. The topological polar surface area (TPSA) is 155 Å². The molecular weight excluding hydrogens is 616 g/mol. The summed E-state index contributed by atoms with van der Waals surface area (Å²) in [6, 6.07) is 7.00. The van der Waals surface area contributed by atoms with Crippen molar-refractivity contribution in [2.24, 2.45) is 22.7 Å². The van der Waals surface area contributed by atoms with Crippen molar-refractivity contribution in [3.63, 3.8) is 0 Å². The number of carbonyl (C=O) groups is 1. The van der Waals surface area contributed by atoms with Crippen LogP contribution in [-0.4, -0.2) is 83.2 Å². The zero-order valence-corrected chi connectivity index (χ0v) is 27.4. The minimum atomic E-state index is -2.71. The molecule has 3 aliphatic carbocycles. The molecule has 2 aromatic heterocycles. The fourth-order valence-electron chi connectivity index (χ4n) is 8.74. The Hall–Kier alpha value is -2.81. The number of fused-ring (bicyclic) bond motifs is 7. The van der Waals surface area contributed by atoms with Gasteiger partial charge in [0.15, 0.2) is 13.5 Å². The van der Waals surface area contributed by atoms with Gasteiger partial charge in [-0.15, -0.1) is 0 Å². The third-order valence-corrected chi connectivity index (χ3v) is 12.0. The highest BCUT2D eigenvalue weighted by Crippen LogP contribution is 2.94. The van der Waals surface area contributed by atoms with Crippen molar-refractivity contribution in [3.8, 4) is 0 Å². The molecule has 244 valence electrons. The maximum absolute atomic E-state index is 13.7. The number of anilines is 3. The van der Waals surface area contributed by atoms with Gasteiger partial charge in [0.25, 0.3) is 5.91 Å². The predicted molar refractivity (Wildman–Crippen MR) is 179 cm³/mol. The molecule has 1 saturated heterocycles. The van der Waals surface area contributed by atoms with Crippen LogP contribution in [0.15, 0.2) is 41.6 Å². The second-order valence-corrected chi connectivity index (χ2v) is 15.6. The van der Waals surface area contributed by atoms with E-state index in [9.17, 15) is 20.1 Å². The number of pyridine rings is 2. The van der Waals surface area contributed by atoms with Gasteiger partial charge in [0, 0.05) is 42.7 Å². The van der Waals surface area contributed by atoms with E-state index in [4.69, 9.17) is 25.4 Å². The van der Waals surface area contributed by atoms with Crippen molar-refractivity contribution in [3.05, 3.63) is 42.1 Å². The number of hydrogen-bond donors (Lipinski definition) is 6. The Morgan fingerprint density at radius 3 is 2.55 bits per heavy atom. The van der Waals surface area contributed by atoms with E-state index in [1.54, 1.807) is 41.6 Å². The molecule has 4 fully saturated rings. The van der Waals surface area contributed by atoms with Crippen LogP contribution in [0.5, 0.6) is 0 Å². The molecule has 5 heterocycles. The standard InChI is InChI=1S/C32H39B2N7O5S/c1-28(2)16-18-4-3-14-35-24-20(33)6-8-23(37-24)47-39-26(42)19-5-7-21(36-25(19)40(28)17-18)41-15-9-22(38-41)46-32(34,45)31(43,44)27-29(10-11-29)30(27)12-13-30/h5-9,15,18,22,27,38,43-45H,3-4,10-14,16-17H2,1-2H3,(H,35,37)(H,39,42). The molecule has 3 saturated carbocycles. The molecule has 4 radical (unpaired) electrons. The number of aliphatic hydroxyl groups is 3. The van der Waals surface area contributed by atoms with Crippen LogP contribution in [0.4, 0.5) is 17.5 Å². The zero-order chi connectivity index (χ0) is 33.0. The van der Waals surface area contributed by atoms with Crippen molar-refractivity contribution in [2.45, 2.75) is 87.1 Å². The Bertz CT molecular complexity index is 1630. The third kappa shape index (κ3) is 5.07. The number of amides is 1. The molecule has 0 aromatic carbocycles. The molecular formula is C32H39B2N7O5S. The van der Waals surface area contributed by atoms with Gasteiger partial charge in [-0.3, -0.25) is 14.5 Å². The first-order chi connectivity index (χ1) is 22.3. The van der Waals surface area contributed by atoms with E-state index in [1.807, 2.05) is 0 Å². The summed E-state index contributed by atoms with van der Waals surface area (Å²) in [4.78, 5) is 25.5. The highest BCUT2D eigenvalue weighted by atomic mass is 32.2. The summed E-state index contributed by atoms with van der Waals surface area (Å²) < 4.78 is 8.61. The Balaban J connectivity index is 1.03. The summed E-state index contributed by atoms with van der Waals surface area (Å²) in [5.74, 6) is -1.40. The first-order valence-electron chi connectivity index (χ1n) is 16.4. The van der Waals surface area contributed by atoms with E-state index in [-0.39, 0.29) is 22.3 Å². The van der Waals surface area contributed by atoms with Crippen molar-refractivity contribution in [1.29, 1.82) is 0 Å². The number of hydrazine groups is 1. The number of nitrogens with zero attached hydrogens (tertiary/aromatic N) is 4. The van der Waals surface area contributed by atoms with E-state index in [0.29, 0.717) is 39.4 Å². The van der Waals surface area contributed by atoms with Gasteiger partial charge >= 0.3 is 0 Å². The predicted octanol–water partition coefficient (Wildman–Crippen LogP) is 1.38. The lowest BCUT2D eigenvalue weighted by atomic mass is 9.81. The van der Waals surface area contributed by atoms with Crippen LogP contribution in [0.1, 0.15) is 69.2 Å². The van der Waals surface area contributed by atoms with Crippen LogP contribution in [0.2, 0.25) is 0 Å². The van der Waals surface area contributed by atoms with Gasteiger partial charge in [0.2, 0.25) is 5.79 Å². The quantitative estimate of drug-likeness (QED) is 0.157. The summed E-state index contributed by atoms with van der Waals surface area (Å²) in [6.07, 6.45) is 8.83. The van der Waals surface area contributed by atoms with Gasteiger partial charge in [0.05, 0.1) is 5.56 Å². The highest BCUT2D eigenvalue weighted by Gasteiger charge is 2.92. The van der Waals surface area contributed by atoms with Crippen molar-refractivity contribution < 1.29 is 24.9 Å². The summed E-state index contributed by atoms with van der Waals surface area (Å²) >= 11 is 1.11. The van der Waals surface area contributed by atoms with Gasteiger partial charge in [-0.25, -0.2) is 9.97 Å². The van der Waals surface area contributed by atoms with Gasteiger partial charge in [-0.2, -0.15) is 5.43 Å². The first-order valence-corrected chi connectivity index (χ1v) is 17.2. The minimum absolute atomic E-state index is 0.130. The molecule has 8 rings (SSSR count). The van der Waals surface area contributed by atoms with E-state index < -0.39 is 23.6 Å². The number of ether oxygens (including phenoxy) is 1. The molecule has 2 aromatic rings. The fraction of sp³-hybridized carbons (Fsp3) is 0.594. The molecule has 6 N–H and O–H groups in total. The van der Waals surface area contributed by atoms with E-state index in [0.717, 1.165) is 70.0 Å². The SMILES string of the molecule is [B]c1ccc2nc1NCCCC1CN(c3nc(N4C=CC(OC([B])(O)C(O)(O)C5C6(CC6)C56CC6)N4)ccc3C(=O)NS2)C(C)(C)C1. The molecule has 3 aliphatic heterocycles. The van der Waals surface area contributed by atoms with Crippen LogP contribution in [0.25, 0.3) is 0 Å². The van der Waals surface area contributed by atoms with Gasteiger partial charge in [-0.05, 0) is 99.8 Å². The molecule has 15 heteroatoms. The normalized spacial score (nSPS) is 28.2. The molecule has 4 bridgehead atoms. The van der Waals surface area contributed by atoms with Crippen molar-refractivity contribution in [2.75, 3.05) is 28.3 Å². The Morgan fingerprint density at radius 1 is 1.09 bits per heavy atom. The molecule has 2 spiro atoms. The van der Waals surface area contributed by atoms with Crippen LogP contribution in [0.3, 0.4) is 0 Å². The van der Waals surface area contributed by atoms with Crippen LogP contribution < -0.4 is 30.8 Å². The highest BCUT2D eigenvalue weighted by molar-refractivity contribution is 7.97. The third-order valence-electron chi connectivity index (χ3n) is 11.3. The van der Waals surface area contributed by atoms with Crippen LogP contribution in [-0.2, 0) is 4.74 Å². The largest absolute Gasteiger partial charge is 0.371 e. The number of hydrogen-bond acceptors (Lipinski definition) is 12. The van der Waals surface area contributed by atoms with Gasteiger partial charge in [-0.1, -0.05) is 11.5 Å². The summed E-state index contributed by atoms with van der Waals surface area (Å²) in [5.41, 5.74) is 0.823. The zero-order valence-electron chi connectivity index (χ0n) is 26.6. The van der Waals surface area contributed by atoms with E-state index in [2.05, 4.69) is 39.2 Å². The summed E-state index contributed by atoms with van der Waals surface area (Å²) in [7, 11) is 12.2. The average Bonchev–Trinajstić information content (AvgIpc) is 3.97. The van der Waals surface area contributed by atoms with Crippen molar-refractivity contribution in [1.82, 2.24) is 20.1 Å². The second-order valence-electron chi connectivity index (χ2n) is 14.8. The molecule has 12 nitrogen and oxygen atoms in total. The monoisotopic (exact) mass is 655 g/mol. The first kappa shape index (κ1) is 31.5. The maximum atomic E-state index is 13.7. The van der Waals surface area contributed by atoms with E-state index in [1.165, 1.54) is 0 Å². The van der Waals surface area contributed by atoms with Crippen LogP contribution >= 0.6 is 11.9 Å². The van der Waals surface area contributed by atoms with Crippen LogP contribution in [0, 0.1) is 22.7 Å². The number of nitrogens with one attached hydrogen (secondary N) is 3. The summed E-state index contributed by atoms with van der Waals surface area (Å²) in [5, 5.41) is 38.8. The van der Waals surface area contributed by atoms with Gasteiger partial charge < -0.3 is 30.3 Å². The molecule has 6 aliphatic rings. The number of carbonyl (C=O) groups excluding carboxylic acids is 1. The molecule has 3 atom stereocenters. The Labute approximate surface area is 281 Å². The average molecular weight is 655 g/mol. The van der Waals surface area contributed by atoms with Crippen molar-refractivity contribution >= 4 is 56.5 Å². The molecule has 1 amide bonds. The smallest absolute Gasteiger partial charge is 0.265 e. The Kier molecular flexibility index (Phi) is 7.09. The Morgan fingerprint density at radius 2 is 1.83 bits per heavy atom. The second kappa shape index (κ2) is 10.6. The molecule has 47 heavy (non-hydrogen) atoms. The van der Waals surface area contributed by atoms with Gasteiger partial charge in [0.1, 0.15) is 36.6 Å². The lowest BCUT2D eigenvalue weighted by Crippen LogP contribution is -2.61. The lowest BCUT2D eigenvalue weighted by Gasteiger charge is -2.40. The molecule has 3 unspecified atom stereocenters. The maximum Gasteiger partial charge on any atom is 0.265 e. The van der Waals surface area contributed by atoms with E-state index >= 15 is 0 Å².